The number of alkyl halides is 3. The second kappa shape index (κ2) is 7.35. The summed E-state index contributed by atoms with van der Waals surface area (Å²) in [6.45, 7) is 1.21. The van der Waals surface area contributed by atoms with Crippen molar-refractivity contribution < 1.29 is 22.4 Å². The van der Waals surface area contributed by atoms with Gasteiger partial charge >= 0.3 is 6.18 Å². The summed E-state index contributed by atoms with van der Waals surface area (Å²) >= 11 is 0. The molecular formula is C19H18F4N2O. The molecule has 7 heteroatoms. The van der Waals surface area contributed by atoms with Crippen LogP contribution in [0.25, 0.3) is 0 Å². The molecule has 0 bridgehead atoms. The van der Waals surface area contributed by atoms with Crippen molar-refractivity contribution in [2.45, 2.75) is 12.6 Å². The molecule has 0 spiro atoms. The molecule has 0 saturated carbocycles. The van der Waals surface area contributed by atoms with E-state index in [0.29, 0.717) is 31.7 Å². The van der Waals surface area contributed by atoms with Crippen molar-refractivity contribution in [1.82, 2.24) is 4.90 Å². The number of piperazine rings is 1. The lowest BCUT2D eigenvalue weighted by Crippen LogP contribution is -2.49. The lowest BCUT2D eigenvalue weighted by molar-refractivity contribution is -0.137. The van der Waals surface area contributed by atoms with Crippen LogP contribution in [0.2, 0.25) is 0 Å². The van der Waals surface area contributed by atoms with Gasteiger partial charge in [0.2, 0.25) is 5.91 Å². The van der Waals surface area contributed by atoms with Gasteiger partial charge in [-0.3, -0.25) is 4.79 Å². The molecule has 3 rings (SSSR count). The Balaban J connectivity index is 1.65. The molecule has 0 radical (unpaired) electrons. The maximum atomic E-state index is 13.7. The van der Waals surface area contributed by atoms with Gasteiger partial charge in [-0.1, -0.05) is 30.3 Å². The number of benzene rings is 2. The molecular weight excluding hydrogens is 348 g/mol. The van der Waals surface area contributed by atoms with Crippen LogP contribution in [0.1, 0.15) is 11.1 Å². The number of halogens is 4. The first-order valence-corrected chi connectivity index (χ1v) is 8.28. The average Bonchev–Trinajstić information content (AvgIpc) is 2.63. The summed E-state index contributed by atoms with van der Waals surface area (Å²) in [5, 5.41) is 0. The van der Waals surface area contributed by atoms with Gasteiger partial charge in [0.1, 0.15) is 5.82 Å². The highest BCUT2D eigenvalue weighted by Crippen LogP contribution is 2.36. The van der Waals surface area contributed by atoms with Crippen LogP contribution in [0.15, 0.2) is 48.5 Å². The molecule has 1 aliphatic rings. The summed E-state index contributed by atoms with van der Waals surface area (Å²) in [6.07, 6.45) is -4.47. The van der Waals surface area contributed by atoms with Gasteiger partial charge in [-0.05, 0) is 23.8 Å². The van der Waals surface area contributed by atoms with E-state index in [0.717, 1.165) is 6.07 Å². The quantitative estimate of drug-likeness (QED) is 0.773. The number of amides is 1. The molecule has 0 N–H and O–H groups in total. The van der Waals surface area contributed by atoms with Crippen LogP contribution >= 0.6 is 0 Å². The molecule has 1 amide bonds. The molecule has 1 fully saturated rings. The zero-order valence-corrected chi connectivity index (χ0v) is 14.0. The van der Waals surface area contributed by atoms with Crippen LogP contribution in [0.3, 0.4) is 0 Å². The van der Waals surface area contributed by atoms with Gasteiger partial charge in [0.25, 0.3) is 0 Å². The van der Waals surface area contributed by atoms with Gasteiger partial charge in [0.15, 0.2) is 0 Å². The van der Waals surface area contributed by atoms with Crippen molar-refractivity contribution in [2.75, 3.05) is 31.1 Å². The van der Waals surface area contributed by atoms with E-state index in [1.807, 2.05) is 0 Å². The Hall–Kier alpha value is -2.57. The molecule has 1 heterocycles. The second-order valence-corrected chi connectivity index (χ2v) is 6.15. The molecule has 0 aliphatic carbocycles. The molecule has 1 aliphatic heterocycles. The topological polar surface area (TPSA) is 23.6 Å². The van der Waals surface area contributed by atoms with Crippen molar-refractivity contribution in [3.63, 3.8) is 0 Å². The van der Waals surface area contributed by atoms with Crippen LogP contribution in [-0.2, 0) is 17.4 Å². The number of hydrogen-bond donors (Lipinski definition) is 0. The van der Waals surface area contributed by atoms with E-state index in [9.17, 15) is 22.4 Å². The molecule has 3 nitrogen and oxygen atoms in total. The summed E-state index contributed by atoms with van der Waals surface area (Å²) in [5.74, 6) is -0.655. The molecule has 2 aromatic rings. The van der Waals surface area contributed by atoms with E-state index in [2.05, 4.69) is 0 Å². The van der Waals surface area contributed by atoms with Gasteiger partial charge in [0, 0.05) is 31.9 Å². The molecule has 0 atom stereocenters. The first kappa shape index (κ1) is 18.2. The smallest absolute Gasteiger partial charge is 0.367 e. The predicted molar refractivity (Wildman–Crippen MR) is 90.3 cm³/mol. The van der Waals surface area contributed by atoms with Crippen molar-refractivity contribution in [2.24, 2.45) is 0 Å². The van der Waals surface area contributed by atoms with Crippen molar-refractivity contribution in [1.29, 1.82) is 0 Å². The Morgan fingerprint density at radius 3 is 2.19 bits per heavy atom. The van der Waals surface area contributed by atoms with Crippen LogP contribution < -0.4 is 4.90 Å². The minimum atomic E-state index is -4.42. The van der Waals surface area contributed by atoms with E-state index in [1.165, 1.54) is 18.2 Å². The highest BCUT2D eigenvalue weighted by atomic mass is 19.4. The zero-order valence-electron chi connectivity index (χ0n) is 14.0. The Labute approximate surface area is 148 Å². The van der Waals surface area contributed by atoms with E-state index < -0.39 is 17.6 Å². The first-order valence-electron chi connectivity index (χ1n) is 8.28. The average molecular weight is 366 g/mol. The van der Waals surface area contributed by atoms with E-state index in [4.69, 9.17) is 0 Å². The van der Waals surface area contributed by atoms with Gasteiger partial charge in [0.05, 0.1) is 12.0 Å². The molecule has 26 heavy (non-hydrogen) atoms. The number of carbonyl (C=O) groups is 1. The van der Waals surface area contributed by atoms with E-state index >= 15 is 0 Å². The number of carbonyl (C=O) groups excluding carboxylic acids is 1. The number of nitrogens with zero attached hydrogens (tertiary/aromatic N) is 2. The fourth-order valence-electron chi connectivity index (χ4n) is 3.10. The normalized spacial score (nSPS) is 15.2. The van der Waals surface area contributed by atoms with Gasteiger partial charge < -0.3 is 9.80 Å². The highest BCUT2D eigenvalue weighted by Gasteiger charge is 2.35. The first-order chi connectivity index (χ1) is 12.4. The maximum absolute atomic E-state index is 13.7. The predicted octanol–water partition coefficient (Wildman–Crippen LogP) is 3.74. The highest BCUT2D eigenvalue weighted by molar-refractivity contribution is 5.79. The van der Waals surface area contributed by atoms with Gasteiger partial charge in [-0.25, -0.2) is 4.39 Å². The monoisotopic (exact) mass is 366 g/mol. The summed E-state index contributed by atoms with van der Waals surface area (Å²) in [4.78, 5) is 15.6. The maximum Gasteiger partial charge on any atom is 0.418 e. The Morgan fingerprint density at radius 1 is 0.923 bits per heavy atom. The molecule has 0 aromatic heterocycles. The van der Waals surface area contributed by atoms with E-state index in [1.54, 1.807) is 34.1 Å². The number of anilines is 1. The molecule has 0 unspecified atom stereocenters. The molecule has 2 aromatic carbocycles. The Kier molecular flexibility index (Phi) is 5.15. The largest absolute Gasteiger partial charge is 0.418 e. The summed E-state index contributed by atoms with van der Waals surface area (Å²) in [6, 6.07) is 11.5. The summed E-state index contributed by atoms with van der Waals surface area (Å²) < 4.78 is 53.2. The standard InChI is InChI=1S/C19H18F4N2O/c20-16-7-3-1-5-14(16)13-18(26)25-11-9-24(10-12-25)17-8-4-2-6-15(17)19(21,22)23/h1-8H,9-13H2. The summed E-state index contributed by atoms with van der Waals surface area (Å²) in [7, 11) is 0. The minimum Gasteiger partial charge on any atom is -0.367 e. The number of rotatable bonds is 3. The van der Waals surface area contributed by atoms with Crippen LogP contribution in [0, 0.1) is 5.82 Å². The van der Waals surface area contributed by atoms with Crippen LogP contribution in [0.5, 0.6) is 0 Å². The van der Waals surface area contributed by atoms with Gasteiger partial charge in [-0.2, -0.15) is 13.2 Å². The Morgan fingerprint density at radius 2 is 1.54 bits per heavy atom. The fraction of sp³-hybridized carbons (Fsp3) is 0.316. The van der Waals surface area contributed by atoms with Gasteiger partial charge in [-0.15, -0.1) is 0 Å². The molecule has 1 saturated heterocycles. The fourth-order valence-corrected chi connectivity index (χ4v) is 3.10. The van der Waals surface area contributed by atoms with E-state index in [-0.39, 0.29) is 18.0 Å². The van der Waals surface area contributed by atoms with Crippen LogP contribution in [0.4, 0.5) is 23.2 Å². The molecule has 138 valence electrons. The lowest BCUT2D eigenvalue weighted by Gasteiger charge is -2.37. The van der Waals surface area contributed by atoms with Crippen LogP contribution in [-0.4, -0.2) is 37.0 Å². The third kappa shape index (κ3) is 3.98. The minimum absolute atomic E-state index is 0.0498. The lowest BCUT2D eigenvalue weighted by atomic mass is 10.1. The third-order valence-electron chi connectivity index (χ3n) is 4.48. The SMILES string of the molecule is O=C(Cc1ccccc1F)N1CCN(c2ccccc2C(F)(F)F)CC1. The Bertz CT molecular complexity index is 783. The third-order valence-corrected chi connectivity index (χ3v) is 4.48. The second-order valence-electron chi connectivity index (χ2n) is 6.15. The number of para-hydroxylation sites is 1. The summed E-state index contributed by atoms with van der Waals surface area (Å²) in [5.41, 5.74) is -0.227. The number of hydrogen-bond acceptors (Lipinski definition) is 2. The van der Waals surface area contributed by atoms with Crippen molar-refractivity contribution >= 4 is 11.6 Å². The van der Waals surface area contributed by atoms with Crippen molar-refractivity contribution in [3.8, 4) is 0 Å². The zero-order chi connectivity index (χ0) is 18.7. The van der Waals surface area contributed by atoms with Crippen molar-refractivity contribution in [3.05, 3.63) is 65.5 Å².